The molecule has 1 fully saturated rings. The molecule has 3 rings (SSSR count). The van der Waals surface area contributed by atoms with Crippen molar-refractivity contribution >= 4 is 11.7 Å². The van der Waals surface area contributed by atoms with Crippen LogP contribution in [0.4, 0.5) is 5.82 Å². The first kappa shape index (κ1) is 16.6. The van der Waals surface area contributed by atoms with Crippen LogP contribution in [0.2, 0.25) is 0 Å². The van der Waals surface area contributed by atoms with Crippen molar-refractivity contribution in [1.29, 1.82) is 0 Å². The Morgan fingerprint density at radius 2 is 2.33 bits per heavy atom. The van der Waals surface area contributed by atoms with E-state index in [2.05, 4.69) is 25.3 Å². The second kappa shape index (κ2) is 7.53. The number of nitrogens with zero attached hydrogens (tertiary/aromatic N) is 4. The molecular weight excluding hydrogens is 306 g/mol. The highest BCUT2D eigenvalue weighted by Gasteiger charge is 2.27. The summed E-state index contributed by atoms with van der Waals surface area (Å²) < 4.78 is 5.25. The topological polar surface area (TPSA) is 84.2 Å². The first-order chi connectivity index (χ1) is 11.6. The Morgan fingerprint density at radius 1 is 1.46 bits per heavy atom. The van der Waals surface area contributed by atoms with E-state index in [1.807, 2.05) is 26.0 Å². The van der Waals surface area contributed by atoms with Crippen molar-refractivity contribution in [2.24, 2.45) is 5.92 Å². The van der Waals surface area contributed by atoms with Crippen molar-refractivity contribution in [2.45, 2.75) is 39.7 Å². The molecule has 7 nitrogen and oxygen atoms in total. The Labute approximate surface area is 141 Å². The number of anilines is 1. The Bertz CT molecular complexity index is 683. The highest BCUT2D eigenvalue weighted by atomic mass is 16.5. The maximum Gasteiger partial charge on any atom is 0.240 e. The molecule has 0 aliphatic carbocycles. The molecule has 1 saturated heterocycles. The number of hydrogen-bond acceptors (Lipinski definition) is 6. The van der Waals surface area contributed by atoms with E-state index in [4.69, 9.17) is 4.52 Å². The molecule has 3 heterocycles. The fourth-order valence-corrected chi connectivity index (χ4v) is 2.87. The van der Waals surface area contributed by atoms with Gasteiger partial charge in [0.15, 0.2) is 5.82 Å². The van der Waals surface area contributed by atoms with Crippen LogP contribution >= 0.6 is 0 Å². The molecule has 0 radical (unpaired) electrons. The molecule has 0 saturated carbocycles. The summed E-state index contributed by atoms with van der Waals surface area (Å²) in [4.78, 5) is 23.2. The fourth-order valence-electron chi connectivity index (χ4n) is 2.87. The van der Waals surface area contributed by atoms with Crippen molar-refractivity contribution in [2.75, 3.05) is 18.4 Å². The zero-order valence-electron chi connectivity index (χ0n) is 14.2. The highest BCUT2D eigenvalue weighted by molar-refractivity contribution is 5.91. The molecule has 1 aliphatic heterocycles. The van der Waals surface area contributed by atoms with Crippen molar-refractivity contribution in [3.8, 4) is 0 Å². The zero-order valence-corrected chi connectivity index (χ0v) is 14.2. The summed E-state index contributed by atoms with van der Waals surface area (Å²) >= 11 is 0. The molecule has 2 aromatic rings. The van der Waals surface area contributed by atoms with Crippen LogP contribution < -0.4 is 5.32 Å². The minimum atomic E-state index is -0.0459. The largest absolute Gasteiger partial charge is 0.338 e. The molecule has 24 heavy (non-hydrogen) atoms. The van der Waals surface area contributed by atoms with E-state index >= 15 is 0 Å². The number of likely N-dealkylation sites (tertiary alicyclic amines) is 1. The molecule has 1 atom stereocenters. The number of aryl methyl sites for hydroxylation is 2. The number of hydrogen-bond donors (Lipinski definition) is 1. The van der Waals surface area contributed by atoms with Gasteiger partial charge in [0.2, 0.25) is 11.8 Å². The van der Waals surface area contributed by atoms with Gasteiger partial charge in [-0.15, -0.1) is 0 Å². The summed E-state index contributed by atoms with van der Waals surface area (Å²) in [5, 5.41) is 6.83. The van der Waals surface area contributed by atoms with Gasteiger partial charge in [-0.25, -0.2) is 4.98 Å². The van der Waals surface area contributed by atoms with E-state index in [-0.39, 0.29) is 11.8 Å². The van der Waals surface area contributed by atoms with Gasteiger partial charge in [-0.3, -0.25) is 9.69 Å². The summed E-state index contributed by atoms with van der Waals surface area (Å²) in [7, 11) is 0. The van der Waals surface area contributed by atoms with Crippen molar-refractivity contribution < 1.29 is 9.32 Å². The minimum absolute atomic E-state index is 0.0239. The first-order valence-electron chi connectivity index (χ1n) is 8.41. The van der Waals surface area contributed by atoms with E-state index < -0.39 is 0 Å². The predicted molar refractivity (Wildman–Crippen MR) is 89.3 cm³/mol. The molecule has 0 spiro atoms. The summed E-state index contributed by atoms with van der Waals surface area (Å²) in [6.07, 6.45) is 4.38. The van der Waals surface area contributed by atoms with Crippen LogP contribution in [0.3, 0.4) is 0 Å². The molecule has 1 N–H and O–H groups in total. The number of rotatable bonds is 5. The number of piperidine rings is 1. The third-order valence-electron chi connectivity index (χ3n) is 4.22. The lowest BCUT2D eigenvalue weighted by Gasteiger charge is -2.30. The normalized spacial score (nSPS) is 18.5. The van der Waals surface area contributed by atoms with Crippen LogP contribution in [0, 0.1) is 12.8 Å². The monoisotopic (exact) mass is 329 g/mol. The third kappa shape index (κ3) is 4.17. The van der Waals surface area contributed by atoms with Crippen LogP contribution in [0.25, 0.3) is 0 Å². The molecule has 128 valence electrons. The van der Waals surface area contributed by atoms with E-state index in [0.29, 0.717) is 24.8 Å². The van der Waals surface area contributed by atoms with E-state index in [1.165, 1.54) is 0 Å². The fraction of sp³-hybridized carbons (Fsp3) is 0.529. The second-order valence-electron chi connectivity index (χ2n) is 6.24. The quantitative estimate of drug-likeness (QED) is 0.905. The van der Waals surface area contributed by atoms with E-state index in [9.17, 15) is 4.79 Å². The maximum atomic E-state index is 12.5. The lowest BCUT2D eigenvalue weighted by molar-refractivity contribution is -0.121. The number of amides is 1. The smallest absolute Gasteiger partial charge is 0.240 e. The SMILES string of the molecule is CCc1noc(CN2CCC[C@H](C(=O)Nc3ccc(C)cn3)C2)n1. The van der Waals surface area contributed by atoms with Crippen LogP contribution in [0.15, 0.2) is 22.9 Å². The third-order valence-corrected chi connectivity index (χ3v) is 4.22. The predicted octanol–water partition coefficient (Wildman–Crippen LogP) is 2.19. The van der Waals surface area contributed by atoms with E-state index in [1.54, 1.807) is 6.20 Å². The molecule has 0 unspecified atom stereocenters. The second-order valence-corrected chi connectivity index (χ2v) is 6.24. The van der Waals surface area contributed by atoms with E-state index in [0.717, 1.165) is 37.2 Å². The standard InChI is InChI=1S/C17H23N5O2/c1-3-14-19-16(24-21-14)11-22-8-4-5-13(10-22)17(23)20-15-7-6-12(2)9-18-15/h6-7,9,13H,3-5,8,10-11H2,1-2H3,(H,18,20,23)/t13-/m0/s1. The minimum Gasteiger partial charge on any atom is -0.338 e. The van der Waals surface area contributed by atoms with Gasteiger partial charge in [0.05, 0.1) is 12.5 Å². The summed E-state index contributed by atoms with van der Waals surface area (Å²) in [5.41, 5.74) is 1.07. The summed E-state index contributed by atoms with van der Waals surface area (Å²) in [6, 6.07) is 3.77. The molecule has 2 aromatic heterocycles. The van der Waals surface area contributed by atoms with Crippen LogP contribution in [0.5, 0.6) is 0 Å². The lowest BCUT2D eigenvalue weighted by atomic mass is 9.97. The van der Waals surface area contributed by atoms with Crippen LogP contribution in [0.1, 0.15) is 37.0 Å². The van der Waals surface area contributed by atoms with Crippen molar-refractivity contribution in [3.05, 3.63) is 35.6 Å². The van der Waals surface area contributed by atoms with Gasteiger partial charge in [0.25, 0.3) is 0 Å². The number of nitrogens with one attached hydrogen (secondary N) is 1. The highest BCUT2D eigenvalue weighted by Crippen LogP contribution is 2.20. The van der Waals surface area contributed by atoms with Gasteiger partial charge in [0, 0.05) is 19.2 Å². The molecule has 7 heteroatoms. The Morgan fingerprint density at radius 3 is 3.04 bits per heavy atom. The molecule has 1 aliphatic rings. The Hall–Kier alpha value is -2.28. The summed E-state index contributed by atoms with van der Waals surface area (Å²) in [6.45, 7) is 6.20. The maximum absolute atomic E-state index is 12.5. The van der Waals surface area contributed by atoms with Crippen molar-refractivity contribution in [3.63, 3.8) is 0 Å². The van der Waals surface area contributed by atoms with Gasteiger partial charge >= 0.3 is 0 Å². The number of carbonyl (C=O) groups excluding carboxylic acids is 1. The molecule has 0 aromatic carbocycles. The number of aromatic nitrogens is 3. The Kier molecular flexibility index (Phi) is 5.20. The number of pyridine rings is 1. The van der Waals surface area contributed by atoms with Crippen LogP contribution in [-0.2, 0) is 17.8 Å². The lowest BCUT2D eigenvalue weighted by Crippen LogP contribution is -2.40. The molecule has 0 bridgehead atoms. The van der Waals surface area contributed by atoms with Gasteiger partial charge in [-0.1, -0.05) is 18.1 Å². The molecular formula is C17H23N5O2. The average Bonchev–Trinajstić information content (AvgIpc) is 3.05. The van der Waals surface area contributed by atoms with Gasteiger partial charge in [0.1, 0.15) is 5.82 Å². The van der Waals surface area contributed by atoms with Crippen LogP contribution in [-0.4, -0.2) is 39.0 Å². The van der Waals surface area contributed by atoms with Gasteiger partial charge in [-0.2, -0.15) is 4.98 Å². The number of carbonyl (C=O) groups is 1. The molecule has 1 amide bonds. The zero-order chi connectivity index (χ0) is 16.9. The van der Waals surface area contributed by atoms with Gasteiger partial charge in [-0.05, 0) is 37.9 Å². The Balaban J connectivity index is 1.56. The van der Waals surface area contributed by atoms with Crippen molar-refractivity contribution in [1.82, 2.24) is 20.0 Å². The van der Waals surface area contributed by atoms with Gasteiger partial charge < -0.3 is 9.84 Å². The first-order valence-corrected chi connectivity index (χ1v) is 8.41. The average molecular weight is 329 g/mol. The summed E-state index contributed by atoms with van der Waals surface area (Å²) in [5.74, 6) is 1.92.